The first-order valence-electron chi connectivity index (χ1n) is 6.01. The molecule has 0 N–H and O–H groups in total. The van der Waals surface area contributed by atoms with Crippen molar-refractivity contribution < 1.29 is 0 Å². The van der Waals surface area contributed by atoms with Gasteiger partial charge < -0.3 is 9.80 Å². The molecular formula is C12H19ClN4S. The minimum Gasteiger partial charge on any atom is -0.355 e. The highest BCUT2D eigenvalue weighted by Gasteiger charge is 2.31. The van der Waals surface area contributed by atoms with Gasteiger partial charge in [0.15, 0.2) is 5.16 Å². The highest BCUT2D eigenvalue weighted by atomic mass is 35.5. The van der Waals surface area contributed by atoms with Crippen LogP contribution < -0.4 is 4.90 Å². The molecule has 100 valence electrons. The van der Waals surface area contributed by atoms with Gasteiger partial charge in [-0.1, -0.05) is 30.3 Å². The molecule has 0 amide bonds. The molecule has 2 heterocycles. The normalized spacial score (nSPS) is 24.0. The zero-order chi connectivity index (χ0) is 13.3. The van der Waals surface area contributed by atoms with Crippen LogP contribution >= 0.6 is 23.4 Å². The summed E-state index contributed by atoms with van der Waals surface area (Å²) >= 11 is 7.56. The van der Waals surface area contributed by atoms with Gasteiger partial charge in [-0.2, -0.15) is 0 Å². The number of hydrogen-bond donors (Lipinski definition) is 0. The van der Waals surface area contributed by atoms with Crippen molar-refractivity contribution >= 4 is 29.2 Å². The monoisotopic (exact) mass is 286 g/mol. The molecule has 0 aliphatic carbocycles. The molecule has 0 spiro atoms. The van der Waals surface area contributed by atoms with E-state index in [1.54, 1.807) is 0 Å². The summed E-state index contributed by atoms with van der Waals surface area (Å²) in [6.45, 7) is 4.29. The molecule has 1 aromatic heterocycles. The fourth-order valence-electron chi connectivity index (χ4n) is 2.45. The molecule has 0 radical (unpaired) electrons. The largest absolute Gasteiger partial charge is 0.355 e. The lowest BCUT2D eigenvalue weighted by molar-refractivity contribution is 0.266. The smallest absolute Gasteiger partial charge is 0.190 e. The van der Waals surface area contributed by atoms with Crippen molar-refractivity contribution in [3.05, 3.63) is 11.2 Å². The van der Waals surface area contributed by atoms with E-state index in [-0.39, 0.29) is 0 Å². The van der Waals surface area contributed by atoms with Crippen LogP contribution in [0, 0.1) is 5.92 Å². The maximum absolute atomic E-state index is 6.04. The molecule has 4 nitrogen and oxygen atoms in total. The molecule has 2 atom stereocenters. The second-order valence-corrected chi connectivity index (χ2v) is 6.11. The van der Waals surface area contributed by atoms with Crippen molar-refractivity contribution in [1.29, 1.82) is 0 Å². The average molecular weight is 287 g/mol. The Labute approximate surface area is 118 Å². The van der Waals surface area contributed by atoms with Crippen LogP contribution in [0.25, 0.3) is 0 Å². The van der Waals surface area contributed by atoms with E-state index in [0.717, 1.165) is 24.1 Å². The summed E-state index contributed by atoms with van der Waals surface area (Å²) in [5, 5.41) is 1.25. The van der Waals surface area contributed by atoms with E-state index in [9.17, 15) is 0 Å². The summed E-state index contributed by atoms with van der Waals surface area (Å²) in [4.78, 5) is 13.3. The summed E-state index contributed by atoms with van der Waals surface area (Å²) in [6, 6.07) is 2.42. The van der Waals surface area contributed by atoms with E-state index in [4.69, 9.17) is 11.6 Å². The summed E-state index contributed by atoms with van der Waals surface area (Å²) in [7, 11) is 4.26. The van der Waals surface area contributed by atoms with Gasteiger partial charge >= 0.3 is 0 Å². The van der Waals surface area contributed by atoms with E-state index in [0.29, 0.717) is 17.1 Å². The molecule has 6 heteroatoms. The summed E-state index contributed by atoms with van der Waals surface area (Å²) in [5.41, 5.74) is 0. The molecule has 2 unspecified atom stereocenters. The van der Waals surface area contributed by atoms with Gasteiger partial charge in [0.1, 0.15) is 11.0 Å². The van der Waals surface area contributed by atoms with Gasteiger partial charge in [-0.3, -0.25) is 0 Å². The Morgan fingerprint density at radius 3 is 2.67 bits per heavy atom. The number of nitrogens with zero attached hydrogens (tertiary/aromatic N) is 4. The Morgan fingerprint density at radius 2 is 2.11 bits per heavy atom. The van der Waals surface area contributed by atoms with Gasteiger partial charge in [0.25, 0.3) is 0 Å². The van der Waals surface area contributed by atoms with Crippen LogP contribution in [0.2, 0.25) is 5.15 Å². The molecule has 1 aliphatic rings. The van der Waals surface area contributed by atoms with Crippen LogP contribution in [0.3, 0.4) is 0 Å². The molecule has 1 aromatic rings. The molecule has 0 saturated carbocycles. The van der Waals surface area contributed by atoms with Crippen molar-refractivity contribution in [2.45, 2.75) is 18.1 Å². The van der Waals surface area contributed by atoms with Crippen molar-refractivity contribution in [2.75, 3.05) is 38.3 Å². The lowest BCUT2D eigenvalue weighted by atomic mass is 10.1. The molecule has 18 heavy (non-hydrogen) atoms. The Hall–Kier alpha value is -0.520. The second-order valence-electron chi connectivity index (χ2n) is 4.95. The molecule has 1 saturated heterocycles. The fraction of sp³-hybridized carbons (Fsp3) is 0.667. The number of hydrogen-bond acceptors (Lipinski definition) is 5. The predicted octanol–water partition coefficient (Wildman–Crippen LogP) is 2.24. The minimum atomic E-state index is 0.519. The molecule has 1 fully saturated rings. The Bertz CT molecular complexity index is 427. The van der Waals surface area contributed by atoms with Gasteiger partial charge in [0.2, 0.25) is 0 Å². The van der Waals surface area contributed by atoms with E-state index < -0.39 is 0 Å². The van der Waals surface area contributed by atoms with Crippen molar-refractivity contribution in [3.8, 4) is 0 Å². The number of aromatic nitrogens is 2. The van der Waals surface area contributed by atoms with E-state index in [1.165, 1.54) is 11.8 Å². The van der Waals surface area contributed by atoms with Crippen LogP contribution in [0.4, 0.5) is 5.82 Å². The highest BCUT2D eigenvalue weighted by Crippen LogP contribution is 2.27. The van der Waals surface area contributed by atoms with Crippen LogP contribution in [0.5, 0.6) is 0 Å². The fourth-order valence-corrected chi connectivity index (χ4v) is 3.05. The SMILES string of the molecule is CSc1nc(Cl)cc(N2CC(C)C(N(C)C)C2)n1. The molecular weight excluding hydrogens is 268 g/mol. The molecule has 2 rings (SSSR count). The van der Waals surface area contributed by atoms with E-state index in [2.05, 4.69) is 40.8 Å². The minimum absolute atomic E-state index is 0.519. The van der Waals surface area contributed by atoms with Gasteiger partial charge in [0, 0.05) is 25.2 Å². The maximum atomic E-state index is 6.04. The summed E-state index contributed by atoms with van der Waals surface area (Å²) in [6.07, 6.45) is 1.96. The standard InChI is InChI=1S/C12H19ClN4S/c1-8-6-17(7-9(8)16(2)3)11-5-10(13)14-12(15-11)18-4/h5,8-9H,6-7H2,1-4H3. The maximum Gasteiger partial charge on any atom is 0.190 e. The third-order valence-corrected chi connectivity index (χ3v) is 4.14. The van der Waals surface area contributed by atoms with E-state index >= 15 is 0 Å². The van der Waals surface area contributed by atoms with Crippen LogP contribution in [-0.2, 0) is 0 Å². The quantitative estimate of drug-likeness (QED) is 0.483. The predicted molar refractivity (Wildman–Crippen MR) is 77.7 cm³/mol. The van der Waals surface area contributed by atoms with Gasteiger partial charge in [-0.25, -0.2) is 9.97 Å². The first-order chi connectivity index (χ1) is 8.51. The molecule has 1 aliphatic heterocycles. The Morgan fingerprint density at radius 1 is 1.39 bits per heavy atom. The molecule has 0 bridgehead atoms. The number of halogens is 1. The van der Waals surface area contributed by atoms with Crippen molar-refractivity contribution in [2.24, 2.45) is 5.92 Å². The third-order valence-electron chi connectivity index (χ3n) is 3.40. The van der Waals surface area contributed by atoms with Crippen LogP contribution in [-0.4, -0.2) is 54.4 Å². The highest BCUT2D eigenvalue weighted by molar-refractivity contribution is 7.98. The first-order valence-corrected chi connectivity index (χ1v) is 7.61. The zero-order valence-electron chi connectivity index (χ0n) is 11.2. The number of thioether (sulfide) groups is 1. The van der Waals surface area contributed by atoms with Crippen molar-refractivity contribution in [3.63, 3.8) is 0 Å². The van der Waals surface area contributed by atoms with Crippen LogP contribution in [0.1, 0.15) is 6.92 Å². The lowest BCUT2D eigenvalue weighted by Gasteiger charge is -2.22. The van der Waals surface area contributed by atoms with Gasteiger partial charge in [-0.15, -0.1) is 0 Å². The van der Waals surface area contributed by atoms with Crippen molar-refractivity contribution in [1.82, 2.24) is 14.9 Å². The summed E-state index contributed by atoms with van der Waals surface area (Å²) < 4.78 is 0. The third kappa shape index (κ3) is 2.90. The zero-order valence-corrected chi connectivity index (χ0v) is 12.8. The first kappa shape index (κ1) is 13.9. The molecule has 0 aromatic carbocycles. The number of anilines is 1. The van der Waals surface area contributed by atoms with Crippen LogP contribution in [0.15, 0.2) is 11.2 Å². The lowest BCUT2D eigenvalue weighted by Crippen LogP contribution is -2.34. The number of rotatable bonds is 3. The van der Waals surface area contributed by atoms with Gasteiger partial charge in [0.05, 0.1) is 0 Å². The second kappa shape index (κ2) is 5.63. The summed E-state index contributed by atoms with van der Waals surface area (Å²) in [5.74, 6) is 1.57. The number of likely N-dealkylation sites (N-methyl/N-ethyl adjacent to an activating group) is 1. The Balaban J connectivity index is 2.20. The van der Waals surface area contributed by atoms with Gasteiger partial charge in [-0.05, 0) is 26.3 Å². The Kier molecular flexibility index (Phi) is 4.35. The van der Waals surface area contributed by atoms with E-state index in [1.807, 2.05) is 12.3 Å². The average Bonchev–Trinajstić information content (AvgIpc) is 2.70. The topological polar surface area (TPSA) is 32.3 Å².